The average Bonchev–Trinajstić information content (AvgIpc) is 2.38. The highest BCUT2D eigenvalue weighted by atomic mass is 79.9. The van der Waals surface area contributed by atoms with Gasteiger partial charge in [-0.25, -0.2) is 0 Å². The summed E-state index contributed by atoms with van der Waals surface area (Å²) in [7, 11) is 0. The maximum Gasteiger partial charge on any atom is 0.221 e. The third-order valence-corrected chi connectivity index (χ3v) is 4.16. The molecule has 2 N–H and O–H groups in total. The van der Waals surface area contributed by atoms with Crippen LogP contribution in [0.2, 0.25) is 0 Å². The van der Waals surface area contributed by atoms with Gasteiger partial charge in [0.05, 0.1) is 0 Å². The zero-order valence-electron chi connectivity index (χ0n) is 11.1. The number of nitrogens with one attached hydrogen (secondary N) is 1. The van der Waals surface area contributed by atoms with Crippen molar-refractivity contribution < 1.29 is 9.90 Å². The Labute approximate surface area is 127 Å². The van der Waals surface area contributed by atoms with E-state index in [1.54, 1.807) is 11.8 Å². The van der Waals surface area contributed by atoms with Crippen molar-refractivity contribution in [3.8, 4) is 0 Å². The number of amides is 1. The smallest absolute Gasteiger partial charge is 0.221 e. The van der Waals surface area contributed by atoms with Crippen LogP contribution >= 0.6 is 27.7 Å². The van der Waals surface area contributed by atoms with Crippen molar-refractivity contribution in [1.82, 2.24) is 5.32 Å². The first-order valence-corrected chi connectivity index (χ1v) is 8.18. The standard InChI is InChI=1S/C14H20BrNO2S/c1-11(3-2-9-17)16-14(18)8-10-19-13-6-4-12(15)5-7-13/h4-7,11,17H,2-3,8-10H2,1H3,(H,16,18). The van der Waals surface area contributed by atoms with E-state index in [9.17, 15) is 4.79 Å². The van der Waals surface area contributed by atoms with Gasteiger partial charge in [0.2, 0.25) is 5.91 Å². The third kappa shape index (κ3) is 7.60. The zero-order valence-corrected chi connectivity index (χ0v) is 13.5. The quantitative estimate of drug-likeness (QED) is 0.711. The summed E-state index contributed by atoms with van der Waals surface area (Å²) in [4.78, 5) is 12.8. The van der Waals surface area contributed by atoms with E-state index in [4.69, 9.17) is 5.11 Å². The minimum atomic E-state index is 0.0788. The Morgan fingerprint density at radius 1 is 1.42 bits per heavy atom. The maximum absolute atomic E-state index is 11.7. The number of carbonyl (C=O) groups is 1. The molecule has 1 unspecified atom stereocenters. The van der Waals surface area contributed by atoms with Crippen LogP contribution in [0.25, 0.3) is 0 Å². The highest BCUT2D eigenvalue weighted by Gasteiger charge is 2.07. The molecule has 106 valence electrons. The van der Waals surface area contributed by atoms with E-state index in [2.05, 4.69) is 21.2 Å². The summed E-state index contributed by atoms with van der Waals surface area (Å²) in [5.74, 6) is 0.857. The van der Waals surface area contributed by atoms with E-state index in [1.165, 1.54) is 4.90 Å². The largest absolute Gasteiger partial charge is 0.396 e. The van der Waals surface area contributed by atoms with E-state index >= 15 is 0 Å². The van der Waals surface area contributed by atoms with Gasteiger partial charge in [0, 0.05) is 34.2 Å². The minimum Gasteiger partial charge on any atom is -0.396 e. The summed E-state index contributed by atoms with van der Waals surface area (Å²) in [6.45, 7) is 2.15. The molecule has 0 fully saturated rings. The summed E-state index contributed by atoms with van der Waals surface area (Å²) in [6.07, 6.45) is 2.07. The van der Waals surface area contributed by atoms with Gasteiger partial charge in [-0.15, -0.1) is 11.8 Å². The Balaban J connectivity index is 2.18. The molecular weight excluding hydrogens is 326 g/mol. The second-order valence-corrected chi connectivity index (χ2v) is 6.47. The van der Waals surface area contributed by atoms with Crippen LogP contribution in [0, 0.1) is 0 Å². The number of aliphatic hydroxyl groups excluding tert-OH is 1. The van der Waals surface area contributed by atoms with Crippen molar-refractivity contribution in [2.24, 2.45) is 0 Å². The van der Waals surface area contributed by atoms with Crippen LogP contribution in [-0.4, -0.2) is 29.4 Å². The first kappa shape index (κ1) is 16.5. The van der Waals surface area contributed by atoms with Gasteiger partial charge in [0.1, 0.15) is 0 Å². The number of hydrogen-bond donors (Lipinski definition) is 2. The van der Waals surface area contributed by atoms with Gasteiger partial charge in [-0.3, -0.25) is 4.79 Å². The van der Waals surface area contributed by atoms with Gasteiger partial charge in [-0.2, -0.15) is 0 Å². The third-order valence-electron chi connectivity index (χ3n) is 2.61. The number of aliphatic hydroxyl groups is 1. The monoisotopic (exact) mass is 345 g/mol. The molecule has 0 aliphatic rings. The highest BCUT2D eigenvalue weighted by molar-refractivity contribution is 9.10. The SMILES string of the molecule is CC(CCCO)NC(=O)CCSc1ccc(Br)cc1. The molecule has 1 aromatic carbocycles. The van der Waals surface area contributed by atoms with Crippen LogP contribution in [0.3, 0.4) is 0 Å². The van der Waals surface area contributed by atoms with Crippen LogP contribution < -0.4 is 5.32 Å². The van der Waals surface area contributed by atoms with E-state index < -0.39 is 0 Å². The zero-order chi connectivity index (χ0) is 14.1. The molecule has 0 bridgehead atoms. The molecule has 1 amide bonds. The van der Waals surface area contributed by atoms with Gasteiger partial charge < -0.3 is 10.4 Å². The fourth-order valence-corrected chi connectivity index (χ4v) is 2.73. The van der Waals surface area contributed by atoms with Gasteiger partial charge in [-0.1, -0.05) is 15.9 Å². The Bertz CT molecular complexity index is 384. The van der Waals surface area contributed by atoms with Gasteiger partial charge in [0.25, 0.3) is 0 Å². The van der Waals surface area contributed by atoms with Crippen LogP contribution in [0.5, 0.6) is 0 Å². The normalized spacial score (nSPS) is 12.2. The van der Waals surface area contributed by atoms with E-state index in [0.717, 1.165) is 23.1 Å². The lowest BCUT2D eigenvalue weighted by molar-refractivity contribution is -0.121. The first-order valence-electron chi connectivity index (χ1n) is 6.40. The maximum atomic E-state index is 11.7. The van der Waals surface area contributed by atoms with Gasteiger partial charge >= 0.3 is 0 Å². The van der Waals surface area contributed by atoms with Crippen molar-refractivity contribution in [3.05, 3.63) is 28.7 Å². The Hall–Kier alpha value is -0.520. The number of hydrogen-bond acceptors (Lipinski definition) is 3. The van der Waals surface area contributed by atoms with Gasteiger partial charge in [0.15, 0.2) is 0 Å². The number of carbonyl (C=O) groups excluding carboxylic acids is 1. The molecule has 0 heterocycles. The van der Waals surface area contributed by atoms with Crippen molar-refractivity contribution in [2.75, 3.05) is 12.4 Å². The van der Waals surface area contributed by atoms with Crippen molar-refractivity contribution in [2.45, 2.75) is 37.1 Å². The second-order valence-electron chi connectivity index (χ2n) is 4.39. The lowest BCUT2D eigenvalue weighted by Gasteiger charge is -2.12. The molecule has 1 atom stereocenters. The second kappa shape index (κ2) is 9.39. The number of benzene rings is 1. The van der Waals surface area contributed by atoms with E-state index in [0.29, 0.717) is 6.42 Å². The molecule has 0 saturated heterocycles. The molecule has 0 saturated carbocycles. The fourth-order valence-electron chi connectivity index (χ4n) is 1.61. The number of thioether (sulfide) groups is 1. The molecule has 1 aromatic rings. The van der Waals surface area contributed by atoms with Crippen LogP contribution in [0.15, 0.2) is 33.6 Å². The summed E-state index contributed by atoms with van der Waals surface area (Å²) in [6, 6.07) is 8.21. The number of rotatable bonds is 8. The Kier molecular flexibility index (Phi) is 8.18. The lowest BCUT2D eigenvalue weighted by atomic mass is 10.2. The van der Waals surface area contributed by atoms with E-state index in [1.807, 2.05) is 31.2 Å². The van der Waals surface area contributed by atoms with E-state index in [-0.39, 0.29) is 18.6 Å². The van der Waals surface area contributed by atoms with Crippen molar-refractivity contribution >= 4 is 33.6 Å². The molecule has 0 radical (unpaired) electrons. The molecule has 19 heavy (non-hydrogen) atoms. The summed E-state index contributed by atoms with van der Waals surface area (Å²) < 4.78 is 1.06. The predicted molar refractivity (Wildman–Crippen MR) is 83.4 cm³/mol. The fraction of sp³-hybridized carbons (Fsp3) is 0.500. The molecule has 0 aromatic heterocycles. The highest BCUT2D eigenvalue weighted by Crippen LogP contribution is 2.21. The molecule has 1 rings (SSSR count). The molecule has 3 nitrogen and oxygen atoms in total. The van der Waals surface area contributed by atoms with Gasteiger partial charge in [-0.05, 0) is 44.0 Å². The van der Waals surface area contributed by atoms with Crippen LogP contribution in [-0.2, 0) is 4.79 Å². The average molecular weight is 346 g/mol. The Morgan fingerprint density at radius 2 is 2.11 bits per heavy atom. The van der Waals surface area contributed by atoms with Crippen LogP contribution in [0.1, 0.15) is 26.2 Å². The van der Waals surface area contributed by atoms with Crippen molar-refractivity contribution in [1.29, 1.82) is 0 Å². The predicted octanol–water partition coefficient (Wildman–Crippen LogP) is 3.21. The molecular formula is C14H20BrNO2S. The molecule has 0 spiro atoms. The number of halogens is 1. The topological polar surface area (TPSA) is 49.3 Å². The summed E-state index contributed by atoms with van der Waals surface area (Å²) in [5.41, 5.74) is 0. The summed E-state index contributed by atoms with van der Waals surface area (Å²) in [5, 5.41) is 11.7. The molecule has 0 aliphatic heterocycles. The van der Waals surface area contributed by atoms with Crippen molar-refractivity contribution in [3.63, 3.8) is 0 Å². The Morgan fingerprint density at radius 3 is 2.74 bits per heavy atom. The molecule has 0 aliphatic carbocycles. The first-order chi connectivity index (χ1) is 9.11. The lowest BCUT2D eigenvalue weighted by Crippen LogP contribution is -2.32. The molecule has 5 heteroatoms. The van der Waals surface area contributed by atoms with Crippen LogP contribution in [0.4, 0.5) is 0 Å². The summed E-state index contributed by atoms with van der Waals surface area (Å²) >= 11 is 5.07. The minimum absolute atomic E-state index is 0.0788.